The number of halogens is 2. The van der Waals surface area contributed by atoms with Gasteiger partial charge in [0.05, 0.1) is 4.47 Å². The van der Waals surface area contributed by atoms with Crippen molar-refractivity contribution in [1.29, 1.82) is 0 Å². The Morgan fingerprint density at radius 1 is 1.44 bits per heavy atom. The molecule has 0 bridgehead atoms. The fourth-order valence-corrected chi connectivity index (χ4v) is 2.74. The first-order valence-electron chi connectivity index (χ1n) is 5.88. The van der Waals surface area contributed by atoms with Crippen LogP contribution in [0.1, 0.15) is 31.2 Å². The highest BCUT2D eigenvalue weighted by Gasteiger charge is 2.33. The topological polar surface area (TPSA) is 12.0 Å². The fraction of sp³-hybridized carbons (Fsp3) is 0.538. The maximum absolute atomic E-state index is 13.9. The summed E-state index contributed by atoms with van der Waals surface area (Å²) in [5, 5.41) is 3.35. The standard InChI is InChI=1S/C13H17BrFN/c1-2-16-8-9-6-7-10(9)11-4-3-5-12(14)13(11)15/h3-5,9-10,16H,2,6-8H2,1H3. The third-order valence-corrected chi connectivity index (χ3v) is 4.07. The van der Waals surface area contributed by atoms with E-state index in [2.05, 4.69) is 28.2 Å². The zero-order valence-corrected chi connectivity index (χ0v) is 11.1. The molecule has 1 nitrogen and oxygen atoms in total. The van der Waals surface area contributed by atoms with E-state index in [4.69, 9.17) is 0 Å². The predicted octanol–water partition coefficient (Wildman–Crippen LogP) is 3.69. The largest absolute Gasteiger partial charge is 0.317 e. The van der Waals surface area contributed by atoms with Crippen LogP contribution in [0.5, 0.6) is 0 Å². The molecule has 0 aromatic heterocycles. The van der Waals surface area contributed by atoms with Gasteiger partial charge < -0.3 is 5.32 Å². The van der Waals surface area contributed by atoms with Crippen molar-refractivity contribution in [3.05, 3.63) is 34.1 Å². The molecule has 88 valence electrons. The minimum Gasteiger partial charge on any atom is -0.317 e. The third kappa shape index (κ3) is 2.30. The molecule has 2 unspecified atom stereocenters. The maximum atomic E-state index is 13.9. The number of benzene rings is 1. The van der Waals surface area contributed by atoms with Gasteiger partial charge in [0, 0.05) is 0 Å². The monoisotopic (exact) mass is 285 g/mol. The summed E-state index contributed by atoms with van der Waals surface area (Å²) >= 11 is 3.25. The predicted molar refractivity (Wildman–Crippen MR) is 68.1 cm³/mol. The molecule has 1 saturated carbocycles. The summed E-state index contributed by atoms with van der Waals surface area (Å²) in [4.78, 5) is 0. The molecule has 1 aliphatic rings. The molecule has 16 heavy (non-hydrogen) atoms. The Balaban J connectivity index is 2.09. The van der Waals surface area contributed by atoms with Crippen molar-refractivity contribution in [1.82, 2.24) is 5.32 Å². The van der Waals surface area contributed by atoms with Crippen molar-refractivity contribution in [2.75, 3.05) is 13.1 Å². The molecule has 1 aromatic carbocycles. The minimum absolute atomic E-state index is 0.0753. The second-order valence-electron chi connectivity index (χ2n) is 4.39. The van der Waals surface area contributed by atoms with Crippen LogP contribution in [-0.4, -0.2) is 13.1 Å². The van der Waals surface area contributed by atoms with E-state index in [1.807, 2.05) is 12.1 Å². The van der Waals surface area contributed by atoms with Crippen molar-refractivity contribution in [3.8, 4) is 0 Å². The van der Waals surface area contributed by atoms with Crippen LogP contribution in [0.25, 0.3) is 0 Å². The highest BCUT2D eigenvalue weighted by atomic mass is 79.9. The molecule has 1 fully saturated rings. The zero-order valence-electron chi connectivity index (χ0n) is 9.47. The van der Waals surface area contributed by atoms with Crippen LogP contribution in [0, 0.1) is 11.7 Å². The van der Waals surface area contributed by atoms with E-state index in [0.29, 0.717) is 16.3 Å². The van der Waals surface area contributed by atoms with Crippen molar-refractivity contribution >= 4 is 15.9 Å². The molecule has 0 spiro atoms. The molecule has 1 aliphatic carbocycles. The van der Waals surface area contributed by atoms with E-state index in [0.717, 1.165) is 25.1 Å². The Hall–Kier alpha value is -0.410. The van der Waals surface area contributed by atoms with Crippen LogP contribution in [-0.2, 0) is 0 Å². The zero-order chi connectivity index (χ0) is 11.5. The summed E-state index contributed by atoms with van der Waals surface area (Å²) in [5.74, 6) is 0.925. The molecular weight excluding hydrogens is 269 g/mol. The fourth-order valence-electron chi connectivity index (χ4n) is 2.36. The van der Waals surface area contributed by atoms with Gasteiger partial charge in [0.25, 0.3) is 0 Å². The lowest BCUT2D eigenvalue weighted by Gasteiger charge is -2.37. The first-order chi connectivity index (χ1) is 7.74. The lowest BCUT2D eigenvalue weighted by molar-refractivity contribution is 0.242. The third-order valence-electron chi connectivity index (χ3n) is 3.45. The van der Waals surface area contributed by atoms with Crippen molar-refractivity contribution in [2.24, 2.45) is 5.92 Å². The van der Waals surface area contributed by atoms with Crippen molar-refractivity contribution < 1.29 is 4.39 Å². The van der Waals surface area contributed by atoms with Gasteiger partial charge in [-0.3, -0.25) is 0 Å². The molecule has 0 aliphatic heterocycles. The van der Waals surface area contributed by atoms with Gasteiger partial charge in [-0.2, -0.15) is 0 Å². The number of hydrogen-bond donors (Lipinski definition) is 1. The van der Waals surface area contributed by atoms with Crippen LogP contribution in [0.15, 0.2) is 22.7 Å². The summed E-state index contributed by atoms with van der Waals surface area (Å²) in [6, 6.07) is 5.60. The Kier molecular flexibility index (Phi) is 3.98. The molecule has 3 heteroatoms. The lowest BCUT2D eigenvalue weighted by atomic mass is 9.70. The van der Waals surface area contributed by atoms with Crippen LogP contribution in [0.3, 0.4) is 0 Å². The molecule has 0 heterocycles. The average molecular weight is 286 g/mol. The Morgan fingerprint density at radius 3 is 2.88 bits per heavy atom. The summed E-state index contributed by atoms with van der Waals surface area (Å²) in [7, 11) is 0. The Morgan fingerprint density at radius 2 is 2.25 bits per heavy atom. The molecule has 1 aromatic rings. The highest BCUT2D eigenvalue weighted by molar-refractivity contribution is 9.10. The normalized spacial score (nSPS) is 24.2. The molecular formula is C13H17BrFN. The lowest BCUT2D eigenvalue weighted by Crippen LogP contribution is -2.34. The van der Waals surface area contributed by atoms with Gasteiger partial charge in [0.1, 0.15) is 5.82 Å². The summed E-state index contributed by atoms with van der Waals surface area (Å²) in [6.07, 6.45) is 2.33. The average Bonchev–Trinajstić information content (AvgIpc) is 2.24. The molecule has 1 N–H and O–H groups in total. The van der Waals surface area contributed by atoms with E-state index in [9.17, 15) is 4.39 Å². The van der Waals surface area contributed by atoms with Crippen LogP contribution < -0.4 is 5.32 Å². The molecule has 2 atom stereocenters. The maximum Gasteiger partial charge on any atom is 0.140 e. The first kappa shape index (κ1) is 12.1. The van der Waals surface area contributed by atoms with Crippen LogP contribution in [0.2, 0.25) is 0 Å². The van der Waals surface area contributed by atoms with Gasteiger partial charge >= 0.3 is 0 Å². The molecule has 0 saturated heterocycles. The van der Waals surface area contributed by atoms with Crippen molar-refractivity contribution in [3.63, 3.8) is 0 Å². The van der Waals surface area contributed by atoms with Gasteiger partial charge in [-0.05, 0) is 65.3 Å². The second-order valence-corrected chi connectivity index (χ2v) is 5.25. The van der Waals surface area contributed by atoms with E-state index in [-0.39, 0.29) is 5.82 Å². The molecule has 2 rings (SSSR count). The molecule has 0 radical (unpaired) electrons. The van der Waals surface area contributed by atoms with Gasteiger partial charge in [-0.15, -0.1) is 0 Å². The number of nitrogens with one attached hydrogen (secondary N) is 1. The highest BCUT2D eigenvalue weighted by Crippen LogP contribution is 2.43. The minimum atomic E-state index is -0.0753. The Labute approximate surface area is 105 Å². The van der Waals surface area contributed by atoms with E-state index < -0.39 is 0 Å². The van der Waals surface area contributed by atoms with Crippen LogP contribution in [0.4, 0.5) is 4.39 Å². The van der Waals surface area contributed by atoms with Crippen LogP contribution >= 0.6 is 15.9 Å². The molecule has 0 amide bonds. The van der Waals surface area contributed by atoms with E-state index >= 15 is 0 Å². The quantitative estimate of drug-likeness (QED) is 0.890. The van der Waals surface area contributed by atoms with Crippen molar-refractivity contribution in [2.45, 2.75) is 25.7 Å². The van der Waals surface area contributed by atoms with E-state index in [1.54, 1.807) is 6.07 Å². The van der Waals surface area contributed by atoms with Gasteiger partial charge in [-0.1, -0.05) is 19.1 Å². The summed E-state index contributed by atoms with van der Waals surface area (Å²) in [6.45, 7) is 4.10. The summed E-state index contributed by atoms with van der Waals surface area (Å²) < 4.78 is 14.5. The summed E-state index contributed by atoms with van der Waals surface area (Å²) in [5.41, 5.74) is 0.878. The van der Waals surface area contributed by atoms with Gasteiger partial charge in [0.2, 0.25) is 0 Å². The smallest absolute Gasteiger partial charge is 0.140 e. The second kappa shape index (κ2) is 5.28. The first-order valence-corrected chi connectivity index (χ1v) is 6.68. The van der Waals surface area contributed by atoms with Gasteiger partial charge in [0.15, 0.2) is 0 Å². The SMILES string of the molecule is CCNCC1CCC1c1cccc(Br)c1F. The number of hydrogen-bond acceptors (Lipinski definition) is 1. The Bertz CT molecular complexity index is 367. The number of rotatable bonds is 4. The van der Waals surface area contributed by atoms with Gasteiger partial charge in [-0.25, -0.2) is 4.39 Å². The van der Waals surface area contributed by atoms with E-state index in [1.165, 1.54) is 6.42 Å².